The molecule has 22 heavy (non-hydrogen) atoms. The van der Waals surface area contributed by atoms with Gasteiger partial charge in [0.25, 0.3) is 0 Å². The van der Waals surface area contributed by atoms with E-state index in [2.05, 4.69) is 32.8 Å². The Labute approximate surface area is 132 Å². The van der Waals surface area contributed by atoms with Crippen LogP contribution >= 0.6 is 0 Å². The van der Waals surface area contributed by atoms with Crippen LogP contribution in [0.5, 0.6) is 0 Å². The van der Waals surface area contributed by atoms with Crippen LogP contribution in [0, 0.1) is 5.92 Å². The van der Waals surface area contributed by atoms with Gasteiger partial charge in [0.05, 0.1) is 12.2 Å². The topological polar surface area (TPSA) is 62.2 Å². The lowest BCUT2D eigenvalue weighted by Gasteiger charge is -2.24. The Morgan fingerprint density at radius 3 is 2.86 bits per heavy atom. The molecule has 2 rings (SSSR count). The number of aromatic nitrogens is 2. The van der Waals surface area contributed by atoms with E-state index in [4.69, 9.17) is 0 Å². The van der Waals surface area contributed by atoms with Gasteiger partial charge in [-0.1, -0.05) is 12.2 Å². The third-order valence-corrected chi connectivity index (χ3v) is 4.12. The molecule has 2 unspecified atom stereocenters. The molecule has 2 N–H and O–H groups in total. The van der Waals surface area contributed by atoms with E-state index in [1.54, 1.807) is 4.68 Å². The molecule has 6 nitrogen and oxygen atoms in total. The van der Waals surface area contributed by atoms with Crippen LogP contribution in [0.2, 0.25) is 0 Å². The lowest BCUT2D eigenvalue weighted by atomic mass is 9.94. The molecular formula is C16H27N5O. The van der Waals surface area contributed by atoms with Gasteiger partial charge in [0.2, 0.25) is 0 Å². The van der Waals surface area contributed by atoms with Crippen molar-refractivity contribution in [1.29, 1.82) is 0 Å². The van der Waals surface area contributed by atoms with Crippen LogP contribution in [-0.4, -0.2) is 47.9 Å². The Balaban J connectivity index is 1.76. The molecule has 6 heteroatoms. The van der Waals surface area contributed by atoms with Crippen LogP contribution in [0.15, 0.2) is 24.5 Å². The predicted molar refractivity (Wildman–Crippen MR) is 87.5 cm³/mol. The first-order valence-electron chi connectivity index (χ1n) is 7.88. The van der Waals surface area contributed by atoms with Crippen LogP contribution < -0.4 is 10.6 Å². The summed E-state index contributed by atoms with van der Waals surface area (Å²) in [5.74, 6) is 0.568. The smallest absolute Gasteiger partial charge is 0.314 e. The maximum Gasteiger partial charge on any atom is 0.314 e. The molecule has 1 aliphatic rings. The third-order valence-electron chi connectivity index (χ3n) is 4.12. The van der Waals surface area contributed by atoms with Crippen molar-refractivity contribution >= 4 is 6.03 Å². The van der Waals surface area contributed by atoms with Crippen molar-refractivity contribution in [2.45, 2.75) is 25.3 Å². The van der Waals surface area contributed by atoms with Crippen molar-refractivity contribution in [1.82, 2.24) is 25.3 Å². The highest BCUT2D eigenvalue weighted by molar-refractivity contribution is 5.73. The van der Waals surface area contributed by atoms with Gasteiger partial charge in [-0.05, 0) is 39.3 Å². The number of aryl methyl sites for hydroxylation is 1. The number of carbonyl (C=O) groups is 1. The summed E-state index contributed by atoms with van der Waals surface area (Å²) in [4.78, 5) is 14.1. The number of amides is 2. The Hall–Kier alpha value is -1.82. The summed E-state index contributed by atoms with van der Waals surface area (Å²) < 4.78 is 1.78. The van der Waals surface area contributed by atoms with Crippen molar-refractivity contribution in [3.63, 3.8) is 0 Å². The van der Waals surface area contributed by atoms with Gasteiger partial charge in [-0.15, -0.1) is 0 Å². The maximum absolute atomic E-state index is 12.0. The Bertz CT molecular complexity index is 508. The zero-order chi connectivity index (χ0) is 15.9. The lowest BCUT2D eigenvalue weighted by molar-refractivity contribution is 0.230. The van der Waals surface area contributed by atoms with Gasteiger partial charge in [-0.3, -0.25) is 4.68 Å². The van der Waals surface area contributed by atoms with Gasteiger partial charge in [-0.2, -0.15) is 5.10 Å². The fourth-order valence-electron chi connectivity index (χ4n) is 2.74. The van der Waals surface area contributed by atoms with Crippen molar-refractivity contribution < 1.29 is 4.79 Å². The van der Waals surface area contributed by atoms with Crippen molar-refractivity contribution in [3.8, 4) is 0 Å². The largest absolute Gasteiger partial charge is 0.338 e. The molecule has 0 spiro atoms. The minimum atomic E-state index is -0.0923. The number of nitrogens with zero attached hydrogens (tertiary/aromatic N) is 3. The zero-order valence-corrected chi connectivity index (χ0v) is 13.7. The molecule has 1 aliphatic carbocycles. The number of hydrogen-bond donors (Lipinski definition) is 2. The number of likely N-dealkylation sites (N-methyl/N-ethyl adjacent to an activating group) is 1. The van der Waals surface area contributed by atoms with Gasteiger partial charge in [-0.25, -0.2) is 4.79 Å². The molecule has 2 amide bonds. The first kappa shape index (κ1) is 16.5. The number of hydrogen-bond acceptors (Lipinski definition) is 3. The Morgan fingerprint density at radius 1 is 1.45 bits per heavy atom. The highest BCUT2D eigenvalue weighted by Crippen LogP contribution is 2.17. The summed E-state index contributed by atoms with van der Waals surface area (Å²) in [6.45, 7) is 1.31. The van der Waals surface area contributed by atoms with Gasteiger partial charge >= 0.3 is 6.03 Å². The van der Waals surface area contributed by atoms with E-state index < -0.39 is 0 Å². The minimum Gasteiger partial charge on any atom is -0.338 e. The van der Waals surface area contributed by atoms with E-state index >= 15 is 0 Å². The van der Waals surface area contributed by atoms with Gasteiger partial charge in [0, 0.05) is 31.9 Å². The number of allylic oxidation sites excluding steroid dienone is 2. The zero-order valence-electron chi connectivity index (χ0n) is 13.7. The van der Waals surface area contributed by atoms with E-state index in [0.29, 0.717) is 12.5 Å². The molecular weight excluding hydrogens is 278 g/mol. The lowest BCUT2D eigenvalue weighted by Crippen LogP contribution is -2.42. The van der Waals surface area contributed by atoms with E-state index in [1.165, 1.54) is 0 Å². The highest BCUT2D eigenvalue weighted by atomic mass is 16.2. The first-order chi connectivity index (χ1) is 10.6. The molecule has 0 saturated carbocycles. The van der Waals surface area contributed by atoms with Crippen LogP contribution in [-0.2, 0) is 7.05 Å². The average molecular weight is 305 g/mol. The van der Waals surface area contributed by atoms with Crippen LogP contribution in [0.3, 0.4) is 0 Å². The van der Waals surface area contributed by atoms with Crippen molar-refractivity contribution in [2.75, 3.05) is 27.2 Å². The second-order valence-electron chi connectivity index (χ2n) is 6.17. The van der Waals surface area contributed by atoms with Crippen molar-refractivity contribution in [2.24, 2.45) is 13.0 Å². The standard InChI is InChI=1S/C16H27N5O/c1-20(2)15(14-10-19-21(3)12-14)11-18-16(22)17-9-13-7-5-4-6-8-13/h4-5,10,12-13,15H,6-9,11H2,1-3H3,(H2,17,18,22). The molecule has 2 atom stereocenters. The molecule has 0 saturated heterocycles. The molecule has 1 aromatic heterocycles. The molecule has 0 bridgehead atoms. The van der Waals surface area contributed by atoms with Crippen molar-refractivity contribution in [3.05, 3.63) is 30.1 Å². The Kier molecular flexibility index (Phi) is 6.00. The normalized spacial score (nSPS) is 19.2. The summed E-state index contributed by atoms with van der Waals surface area (Å²) in [6.07, 6.45) is 11.6. The van der Waals surface area contributed by atoms with Gasteiger partial charge in [0.1, 0.15) is 0 Å². The van der Waals surface area contributed by atoms with Crippen LogP contribution in [0.25, 0.3) is 0 Å². The number of nitrogens with one attached hydrogen (secondary N) is 2. The third kappa shape index (κ3) is 4.87. The second kappa shape index (κ2) is 7.98. The molecule has 0 aromatic carbocycles. The average Bonchev–Trinajstić information content (AvgIpc) is 2.92. The monoisotopic (exact) mass is 305 g/mol. The molecule has 1 aromatic rings. The van der Waals surface area contributed by atoms with E-state index in [9.17, 15) is 4.79 Å². The molecule has 0 fully saturated rings. The minimum absolute atomic E-state index is 0.0923. The SMILES string of the molecule is CN(C)C(CNC(=O)NCC1CC=CCC1)c1cnn(C)c1. The fourth-order valence-corrected chi connectivity index (χ4v) is 2.74. The summed E-state index contributed by atoms with van der Waals surface area (Å²) >= 11 is 0. The molecule has 122 valence electrons. The first-order valence-corrected chi connectivity index (χ1v) is 7.88. The fraction of sp³-hybridized carbons (Fsp3) is 0.625. The number of rotatable bonds is 6. The van der Waals surface area contributed by atoms with E-state index in [1.807, 2.05) is 33.5 Å². The highest BCUT2D eigenvalue weighted by Gasteiger charge is 2.17. The quantitative estimate of drug-likeness (QED) is 0.786. The van der Waals surface area contributed by atoms with E-state index in [-0.39, 0.29) is 12.1 Å². The Morgan fingerprint density at radius 2 is 2.27 bits per heavy atom. The molecule has 0 aliphatic heterocycles. The predicted octanol–water partition coefficient (Wildman–Crippen LogP) is 1.68. The summed E-state index contributed by atoms with van der Waals surface area (Å²) in [6, 6.07) is 0.0300. The second-order valence-corrected chi connectivity index (χ2v) is 6.17. The summed E-state index contributed by atoms with van der Waals surface area (Å²) in [5.41, 5.74) is 1.10. The van der Waals surface area contributed by atoms with Crippen LogP contribution in [0.1, 0.15) is 30.9 Å². The molecule has 1 heterocycles. The van der Waals surface area contributed by atoms with E-state index in [0.717, 1.165) is 31.4 Å². The van der Waals surface area contributed by atoms with Crippen LogP contribution in [0.4, 0.5) is 4.79 Å². The summed E-state index contributed by atoms with van der Waals surface area (Å²) in [7, 11) is 5.91. The molecule has 0 radical (unpaired) electrons. The summed E-state index contributed by atoms with van der Waals surface area (Å²) in [5, 5.41) is 10.1. The number of carbonyl (C=O) groups excluding carboxylic acids is 1. The van der Waals surface area contributed by atoms with Gasteiger partial charge in [0.15, 0.2) is 0 Å². The van der Waals surface area contributed by atoms with Gasteiger partial charge < -0.3 is 15.5 Å². The maximum atomic E-state index is 12.0. The number of urea groups is 1.